The Balaban J connectivity index is 1.31. The summed E-state index contributed by atoms with van der Waals surface area (Å²) in [7, 11) is 0. The lowest BCUT2D eigenvalue weighted by molar-refractivity contribution is 0.00652. The molecule has 5 rings (SSSR count). The number of aromatic nitrogens is 4. The normalized spacial score (nSPS) is 25.8. The molecule has 2 bridgehead atoms. The molecule has 2 saturated heterocycles. The second kappa shape index (κ2) is 7.64. The Kier molecular flexibility index (Phi) is 4.82. The molecule has 2 aromatic heterocycles. The van der Waals surface area contributed by atoms with Gasteiger partial charge in [-0.1, -0.05) is 6.42 Å². The molecule has 156 valence electrons. The van der Waals surface area contributed by atoms with E-state index in [9.17, 15) is 13.9 Å². The minimum absolute atomic E-state index is 0.0404. The van der Waals surface area contributed by atoms with Gasteiger partial charge in [0.15, 0.2) is 12.0 Å². The molecule has 0 aliphatic carbocycles. The molecule has 2 aliphatic heterocycles. The number of phenolic OH excluding ortho intramolecular Hbond substituents is 1. The largest absolute Gasteiger partial charge is 0.507 e. The van der Waals surface area contributed by atoms with Crippen LogP contribution >= 0.6 is 0 Å². The van der Waals surface area contributed by atoms with Crippen molar-refractivity contribution in [2.75, 3.05) is 0 Å². The number of aromatic hydroxyl groups is 1. The van der Waals surface area contributed by atoms with Gasteiger partial charge in [-0.05, 0) is 31.0 Å². The van der Waals surface area contributed by atoms with Gasteiger partial charge in [-0.2, -0.15) is 5.10 Å². The van der Waals surface area contributed by atoms with Crippen LogP contribution in [0.1, 0.15) is 25.7 Å². The lowest BCUT2D eigenvalue weighted by atomic mass is 9.84. The molecule has 30 heavy (non-hydrogen) atoms. The SMILES string of the molecule is Oc1cc(-n2cc(F)cn2)ccc1-c1ccc(O[C@H]2CC3CCCC(N3)[C@H]2F)nn1. The van der Waals surface area contributed by atoms with Crippen LogP contribution in [0.2, 0.25) is 0 Å². The van der Waals surface area contributed by atoms with Crippen LogP contribution in [0.4, 0.5) is 8.78 Å². The molecule has 2 fully saturated rings. The van der Waals surface area contributed by atoms with Gasteiger partial charge in [0.1, 0.15) is 11.9 Å². The zero-order valence-electron chi connectivity index (χ0n) is 16.1. The van der Waals surface area contributed by atoms with E-state index in [1.54, 1.807) is 24.3 Å². The van der Waals surface area contributed by atoms with Gasteiger partial charge in [0.05, 0.1) is 23.8 Å². The molecule has 0 radical (unpaired) electrons. The maximum absolute atomic E-state index is 14.7. The summed E-state index contributed by atoms with van der Waals surface area (Å²) >= 11 is 0. The van der Waals surface area contributed by atoms with E-state index >= 15 is 0 Å². The summed E-state index contributed by atoms with van der Waals surface area (Å²) in [4.78, 5) is 0. The lowest BCUT2D eigenvalue weighted by Crippen LogP contribution is -2.59. The second-order valence-corrected chi connectivity index (χ2v) is 7.80. The van der Waals surface area contributed by atoms with E-state index in [0.717, 1.165) is 25.5 Å². The van der Waals surface area contributed by atoms with Crippen molar-refractivity contribution in [3.05, 3.63) is 48.5 Å². The number of hydrogen-bond donors (Lipinski definition) is 2. The number of halogens is 2. The summed E-state index contributed by atoms with van der Waals surface area (Å²) in [6.07, 6.45) is 4.20. The summed E-state index contributed by atoms with van der Waals surface area (Å²) in [5.41, 5.74) is 1.42. The summed E-state index contributed by atoms with van der Waals surface area (Å²) in [6, 6.07) is 8.23. The highest BCUT2D eigenvalue weighted by Gasteiger charge is 2.41. The third-order valence-corrected chi connectivity index (χ3v) is 5.76. The molecular weight excluding hydrogens is 392 g/mol. The highest BCUT2D eigenvalue weighted by atomic mass is 19.1. The molecule has 2 aliphatic rings. The number of hydrogen-bond acceptors (Lipinski definition) is 6. The Morgan fingerprint density at radius 2 is 2.07 bits per heavy atom. The van der Waals surface area contributed by atoms with Crippen LogP contribution in [0.25, 0.3) is 16.9 Å². The predicted octanol–water partition coefficient (Wildman–Crippen LogP) is 3.17. The molecule has 1 aromatic carbocycles. The number of nitrogens with one attached hydrogen (secondary N) is 1. The molecule has 3 aromatic rings. The van der Waals surface area contributed by atoms with E-state index in [1.165, 1.54) is 16.9 Å². The predicted molar refractivity (Wildman–Crippen MR) is 105 cm³/mol. The Labute approximate surface area is 171 Å². The van der Waals surface area contributed by atoms with Crippen molar-refractivity contribution >= 4 is 0 Å². The fourth-order valence-corrected chi connectivity index (χ4v) is 4.28. The summed E-state index contributed by atoms with van der Waals surface area (Å²) in [6.45, 7) is 0. The molecule has 4 heterocycles. The highest BCUT2D eigenvalue weighted by Crippen LogP contribution is 2.32. The molecule has 4 atom stereocenters. The first kappa shape index (κ1) is 18.9. The van der Waals surface area contributed by atoms with Crippen LogP contribution < -0.4 is 10.1 Å². The van der Waals surface area contributed by atoms with Crippen LogP contribution in [0, 0.1) is 5.82 Å². The van der Waals surface area contributed by atoms with Crippen molar-refractivity contribution in [2.45, 2.75) is 50.0 Å². The number of benzene rings is 1. The maximum Gasteiger partial charge on any atom is 0.233 e. The van der Waals surface area contributed by atoms with Gasteiger partial charge in [-0.15, -0.1) is 10.2 Å². The minimum atomic E-state index is -1.08. The number of phenols is 1. The smallest absolute Gasteiger partial charge is 0.233 e. The molecule has 0 saturated carbocycles. The van der Waals surface area contributed by atoms with Crippen molar-refractivity contribution in [3.8, 4) is 28.6 Å². The first-order valence-corrected chi connectivity index (χ1v) is 10.0. The van der Waals surface area contributed by atoms with E-state index in [0.29, 0.717) is 23.4 Å². The van der Waals surface area contributed by atoms with E-state index in [4.69, 9.17) is 4.74 Å². The number of fused-ring (bicyclic) bond motifs is 2. The first-order valence-electron chi connectivity index (χ1n) is 10.0. The summed E-state index contributed by atoms with van der Waals surface area (Å²) in [5.74, 6) is -0.246. The Morgan fingerprint density at radius 1 is 1.17 bits per heavy atom. The Bertz CT molecular complexity index is 1040. The first-order chi connectivity index (χ1) is 14.6. The van der Waals surface area contributed by atoms with Gasteiger partial charge >= 0.3 is 0 Å². The zero-order chi connectivity index (χ0) is 20.7. The molecule has 2 unspecified atom stereocenters. The van der Waals surface area contributed by atoms with Crippen molar-refractivity contribution in [3.63, 3.8) is 0 Å². The van der Waals surface area contributed by atoms with Crippen molar-refractivity contribution < 1.29 is 18.6 Å². The number of alkyl halides is 1. The highest BCUT2D eigenvalue weighted by molar-refractivity contribution is 5.68. The topological polar surface area (TPSA) is 85.1 Å². The van der Waals surface area contributed by atoms with Gasteiger partial charge in [0.25, 0.3) is 0 Å². The number of rotatable bonds is 4. The molecule has 0 amide bonds. The van der Waals surface area contributed by atoms with Crippen LogP contribution in [0.15, 0.2) is 42.7 Å². The lowest BCUT2D eigenvalue weighted by Gasteiger charge is -2.42. The third-order valence-electron chi connectivity index (χ3n) is 5.76. The standard InChI is InChI=1S/C21H21F2N5O2/c22-12-10-24-28(11-12)14-4-5-15(18(29)9-14)16-6-7-20(27-26-16)30-19-8-13-2-1-3-17(25-13)21(19)23/h4-7,9-11,13,17,19,21,25,29H,1-3,8H2/t13?,17?,19-,21+/m0/s1. The minimum Gasteiger partial charge on any atom is -0.507 e. The number of nitrogens with zero attached hydrogens (tertiary/aromatic N) is 4. The van der Waals surface area contributed by atoms with Crippen LogP contribution in [0.5, 0.6) is 11.6 Å². The molecule has 2 N–H and O–H groups in total. The maximum atomic E-state index is 14.7. The average Bonchev–Trinajstić information content (AvgIpc) is 3.19. The van der Waals surface area contributed by atoms with E-state index < -0.39 is 18.1 Å². The van der Waals surface area contributed by atoms with Crippen LogP contribution in [0.3, 0.4) is 0 Å². The van der Waals surface area contributed by atoms with Crippen molar-refractivity contribution in [1.29, 1.82) is 0 Å². The van der Waals surface area contributed by atoms with Gasteiger partial charge in [0.2, 0.25) is 5.88 Å². The zero-order valence-corrected chi connectivity index (χ0v) is 16.1. The van der Waals surface area contributed by atoms with Crippen molar-refractivity contribution in [1.82, 2.24) is 25.3 Å². The fourth-order valence-electron chi connectivity index (χ4n) is 4.28. The van der Waals surface area contributed by atoms with Crippen molar-refractivity contribution in [2.24, 2.45) is 0 Å². The Morgan fingerprint density at radius 3 is 2.80 bits per heavy atom. The molecule has 9 heteroatoms. The van der Waals surface area contributed by atoms with Gasteiger partial charge in [0, 0.05) is 36.2 Å². The quantitative estimate of drug-likeness (QED) is 0.684. The van der Waals surface area contributed by atoms with Crippen LogP contribution in [-0.2, 0) is 0 Å². The van der Waals surface area contributed by atoms with Gasteiger partial charge in [-0.3, -0.25) is 0 Å². The van der Waals surface area contributed by atoms with E-state index in [1.807, 2.05) is 0 Å². The fraction of sp³-hybridized carbons (Fsp3) is 0.381. The third kappa shape index (κ3) is 3.60. The molecule has 0 spiro atoms. The number of ether oxygens (including phenoxy) is 1. The van der Waals surface area contributed by atoms with Crippen LogP contribution in [-0.4, -0.2) is 49.4 Å². The summed E-state index contributed by atoms with van der Waals surface area (Å²) in [5, 5.41) is 25.8. The molecular formula is C21H21F2N5O2. The molecule has 7 nitrogen and oxygen atoms in total. The monoisotopic (exact) mass is 413 g/mol. The van der Waals surface area contributed by atoms with Gasteiger partial charge < -0.3 is 15.2 Å². The average molecular weight is 413 g/mol. The number of piperidine rings is 2. The Hall–Kier alpha value is -3.07. The second-order valence-electron chi connectivity index (χ2n) is 7.80. The van der Waals surface area contributed by atoms with E-state index in [-0.39, 0.29) is 23.7 Å². The van der Waals surface area contributed by atoms with E-state index in [2.05, 4.69) is 20.6 Å². The van der Waals surface area contributed by atoms with Gasteiger partial charge in [-0.25, -0.2) is 13.5 Å². The summed E-state index contributed by atoms with van der Waals surface area (Å²) < 4.78 is 35.0.